The van der Waals surface area contributed by atoms with E-state index in [9.17, 15) is 13.2 Å². The highest BCUT2D eigenvalue weighted by Gasteiger charge is 2.23. The third kappa shape index (κ3) is 5.98. The predicted molar refractivity (Wildman–Crippen MR) is 142 cm³/mol. The van der Waals surface area contributed by atoms with Gasteiger partial charge in [-0.15, -0.1) is 0 Å². The molecule has 10 heteroatoms. The summed E-state index contributed by atoms with van der Waals surface area (Å²) >= 11 is 0. The van der Waals surface area contributed by atoms with Crippen molar-refractivity contribution in [2.75, 3.05) is 56.8 Å². The first-order valence-electron chi connectivity index (χ1n) is 11.8. The molecule has 3 aromatic carbocycles. The summed E-state index contributed by atoms with van der Waals surface area (Å²) in [7, 11) is 0.537. The maximum Gasteiger partial charge on any atom is 0.264 e. The van der Waals surface area contributed by atoms with Gasteiger partial charge < -0.3 is 24.4 Å². The quantitative estimate of drug-likeness (QED) is 0.458. The number of hydrogen-bond donors (Lipinski definition) is 1. The molecular formula is C27H31N3O6S. The molecule has 0 spiro atoms. The average Bonchev–Trinajstić information content (AvgIpc) is 2.95. The number of sulfonamides is 1. The fourth-order valence-corrected chi connectivity index (χ4v) is 5.24. The molecule has 0 aliphatic carbocycles. The van der Waals surface area contributed by atoms with E-state index in [1.807, 2.05) is 12.1 Å². The molecule has 0 radical (unpaired) electrons. The minimum Gasteiger partial charge on any atom is -0.493 e. The van der Waals surface area contributed by atoms with Crippen LogP contribution in [0.3, 0.4) is 0 Å². The van der Waals surface area contributed by atoms with Gasteiger partial charge in [0.2, 0.25) is 0 Å². The third-order valence-corrected chi connectivity index (χ3v) is 8.05. The Morgan fingerprint density at radius 3 is 2.22 bits per heavy atom. The van der Waals surface area contributed by atoms with Gasteiger partial charge in [0.25, 0.3) is 15.9 Å². The zero-order valence-corrected chi connectivity index (χ0v) is 22.0. The summed E-state index contributed by atoms with van der Waals surface area (Å²) in [5.74, 6) is 0.515. The maximum absolute atomic E-state index is 13.1. The highest BCUT2D eigenvalue weighted by atomic mass is 32.2. The summed E-state index contributed by atoms with van der Waals surface area (Å²) in [4.78, 5) is 15.0. The Hall–Kier alpha value is -3.76. The average molecular weight is 526 g/mol. The second-order valence-corrected chi connectivity index (χ2v) is 10.5. The van der Waals surface area contributed by atoms with Gasteiger partial charge in [-0.1, -0.05) is 12.1 Å². The number of hydrogen-bond acceptors (Lipinski definition) is 7. The van der Waals surface area contributed by atoms with Crippen molar-refractivity contribution in [3.63, 3.8) is 0 Å². The number of nitrogens with one attached hydrogen (secondary N) is 1. The zero-order chi connectivity index (χ0) is 26.4. The molecule has 0 aromatic heterocycles. The molecular weight excluding hydrogens is 494 g/mol. The lowest BCUT2D eigenvalue weighted by Crippen LogP contribution is -2.36. The number of morpholine rings is 1. The van der Waals surface area contributed by atoms with Crippen LogP contribution in [0.5, 0.6) is 11.5 Å². The number of nitrogens with zero attached hydrogens (tertiary/aromatic N) is 2. The molecule has 1 heterocycles. The second-order valence-electron chi connectivity index (χ2n) is 8.48. The highest BCUT2D eigenvalue weighted by Crippen LogP contribution is 2.31. The SMILES string of the molecule is COc1ccc(S(=O)(=O)N(C)c2ccc(C(=O)NCc3ccc(N4CCOCC4)cc3)cc2)cc1OC. The van der Waals surface area contributed by atoms with Crippen LogP contribution in [-0.2, 0) is 21.3 Å². The van der Waals surface area contributed by atoms with Crippen molar-refractivity contribution in [1.82, 2.24) is 5.32 Å². The van der Waals surface area contributed by atoms with E-state index in [0.717, 1.165) is 41.9 Å². The number of carbonyl (C=O) groups is 1. The molecule has 4 rings (SSSR count). The van der Waals surface area contributed by atoms with Gasteiger partial charge in [0, 0.05) is 44.0 Å². The van der Waals surface area contributed by atoms with Crippen molar-refractivity contribution in [3.05, 3.63) is 77.9 Å². The van der Waals surface area contributed by atoms with E-state index in [4.69, 9.17) is 14.2 Å². The monoisotopic (exact) mass is 525 g/mol. The van der Waals surface area contributed by atoms with E-state index in [0.29, 0.717) is 29.3 Å². The maximum atomic E-state index is 13.1. The number of amides is 1. The lowest BCUT2D eigenvalue weighted by molar-refractivity contribution is 0.0951. The first kappa shape index (κ1) is 26.3. The number of ether oxygens (including phenoxy) is 3. The topological polar surface area (TPSA) is 97.4 Å². The molecule has 1 fully saturated rings. The van der Waals surface area contributed by atoms with Crippen molar-refractivity contribution in [1.29, 1.82) is 0 Å². The number of rotatable bonds is 9. The molecule has 3 aromatic rings. The van der Waals surface area contributed by atoms with Gasteiger partial charge in [-0.25, -0.2) is 8.42 Å². The van der Waals surface area contributed by atoms with Crippen LogP contribution in [-0.4, -0.2) is 61.9 Å². The second kappa shape index (κ2) is 11.5. The van der Waals surface area contributed by atoms with Crippen LogP contribution in [0.1, 0.15) is 15.9 Å². The minimum absolute atomic E-state index is 0.0640. The Balaban J connectivity index is 1.38. The molecule has 1 amide bonds. The molecule has 1 saturated heterocycles. The zero-order valence-electron chi connectivity index (χ0n) is 21.1. The first-order valence-corrected chi connectivity index (χ1v) is 13.3. The highest BCUT2D eigenvalue weighted by molar-refractivity contribution is 7.92. The third-order valence-electron chi connectivity index (χ3n) is 6.27. The molecule has 0 unspecified atom stereocenters. The fraction of sp³-hybridized carbons (Fsp3) is 0.296. The van der Waals surface area contributed by atoms with Crippen LogP contribution in [0.2, 0.25) is 0 Å². The Morgan fingerprint density at radius 1 is 0.946 bits per heavy atom. The summed E-state index contributed by atoms with van der Waals surface area (Å²) in [6, 6.07) is 18.9. The number of anilines is 2. The molecule has 37 heavy (non-hydrogen) atoms. The van der Waals surface area contributed by atoms with Crippen molar-refractivity contribution < 1.29 is 27.4 Å². The molecule has 196 valence electrons. The smallest absolute Gasteiger partial charge is 0.264 e. The van der Waals surface area contributed by atoms with Crippen LogP contribution < -0.4 is 24.0 Å². The Morgan fingerprint density at radius 2 is 1.59 bits per heavy atom. The molecule has 1 aliphatic heterocycles. The number of carbonyl (C=O) groups excluding carboxylic acids is 1. The predicted octanol–water partition coefficient (Wildman–Crippen LogP) is 3.30. The molecule has 1 aliphatic rings. The minimum atomic E-state index is -3.85. The molecule has 1 N–H and O–H groups in total. The first-order chi connectivity index (χ1) is 17.8. The Bertz CT molecular complexity index is 1320. The lowest BCUT2D eigenvalue weighted by Gasteiger charge is -2.28. The normalized spacial score (nSPS) is 13.6. The summed E-state index contributed by atoms with van der Waals surface area (Å²) in [6.45, 7) is 3.59. The molecule has 0 saturated carbocycles. The van der Waals surface area contributed by atoms with E-state index < -0.39 is 10.0 Å². The largest absolute Gasteiger partial charge is 0.493 e. The van der Waals surface area contributed by atoms with Gasteiger partial charge in [-0.3, -0.25) is 9.10 Å². The van der Waals surface area contributed by atoms with Crippen LogP contribution in [0.15, 0.2) is 71.6 Å². The van der Waals surface area contributed by atoms with Crippen molar-refractivity contribution in [3.8, 4) is 11.5 Å². The standard InChI is InChI=1S/C27H31N3O6S/c1-29(37(32,33)24-12-13-25(34-2)26(18-24)35-3)22-10-6-21(7-11-22)27(31)28-19-20-4-8-23(9-5-20)30-14-16-36-17-15-30/h4-13,18H,14-17,19H2,1-3H3,(H,28,31). The number of methoxy groups -OCH3 is 2. The van der Waals surface area contributed by atoms with Gasteiger partial charge in [0.15, 0.2) is 11.5 Å². The van der Waals surface area contributed by atoms with Crippen LogP contribution in [0, 0.1) is 0 Å². The van der Waals surface area contributed by atoms with E-state index in [1.165, 1.54) is 33.4 Å². The lowest BCUT2D eigenvalue weighted by atomic mass is 10.1. The number of benzene rings is 3. The summed E-state index contributed by atoms with van der Waals surface area (Å²) in [5, 5.41) is 2.91. The van der Waals surface area contributed by atoms with Gasteiger partial charge in [0.05, 0.1) is 38.0 Å². The van der Waals surface area contributed by atoms with Crippen LogP contribution in [0.25, 0.3) is 0 Å². The summed E-state index contributed by atoms with van der Waals surface area (Å²) in [6.07, 6.45) is 0. The summed E-state index contributed by atoms with van der Waals surface area (Å²) < 4.78 is 43.3. The van der Waals surface area contributed by atoms with Crippen molar-refractivity contribution >= 4 is 27.3 Å². The van der Waals surface area contributed by atoms with Crippen molar-refractivity contribution in [2.45, 2.75) is 11.4 Å². The fourth-order valence-electron chi connectivity index (χ4n) is 4.03. The molecule has 9 nitrogen and oxygen atoms in total. The van der Waals surface area contributed by atoms with E-state index in [2.05, 4.69) is 22.3 Å². The van der Waals surface area contributed by atoms with Gasteiger partial charge >= 0.3 is 0 Å². The Kier molecular flexibility index (Phi) is 8.20. The van der Waals surface area contributed by atoms with E-state index >= 15 is 0 Å². The van der Waals surface area contributed by atoms with Gasteiger partial charge in [0.1, 0.15) is 0 Å². The summed E-state index contributed by atoms with van der Waals surface area (Å²) in [5.41, 5.74) is 2.99. The van der Waals surface area contributed by atoms with E-state index in [-0.39, 0.29) is 10.8 Å². The van der Waals surface area contributed by atoms with E-state index in [1.54, 1.807) is 30.3 Å². The van der Waals surface area contributed by atoms with Gasteiger partial charge in [-0.05, 0) is 54.1 Å². The molecule has 0 bridgehead atoms. The van der Waals surface area contributed by atoms with Crippen molar-refractivity contribution in [2.24, 2.45) is 0 Å². The Labute approximate surface area is 217 Å². The van der Waals surface area contributed by atoms with Crippen LogP contribution in [0.4, 0.5) is 11.4 Å². The van der Waals surface area contributed by atoms with Gasteiger partial charge in [-0.2, -0.15) is 0 Å². The van der Waals surface area contributed by atoms with Crippen LogP contribution >= 0.6 is 0 Å². The molecule has 0 atom stereocenters.